The van der Waals surface area contributed by atoms with Gasteiger partial charge in [-0.3, -0.25) is 9.48 Å². The molecule has 0 bridgehead atoms. The van der Waals surface area contributed by atoms with Crippen molar-refractivity contribution in [3.8, 4) is 5.75 Å². The fourth-order valence-electron chi connectivity index (χ4n) is 2.89. The first-order chi connectivity index (χ1) is 11.2. The molecule has 0 saturated carbocycles. The number of carbonyl (C=O) groups excluding carboxylic acids is 1. The van der Waals surface area contributed by atoms with Gasteiger partial charge >= 0.3 is 0 Å². The second-order valence-electron chi connectivity index (χ2n) is 5.53. The molecule has 8 heteroatoms. The molecule has 0 atom stereocenters. The number of aromatic nitrogens is 2. The van der Waals surface area contributed by atoms with Gasteiger partial charge in [0.2, 0.25) is 0 Å². The van der Waals surface area contributed by atoms with Crippen molar-refractivity contribution in [3.63, 3.8) is 0 Å². The van der Waals surface area contributed by atoms with Gasteiger partial charge in [0.05, 0.1) is 12.8 Å². The van der Waals surface area contributed by atoms with Crippen molar-refractivity contribution >= 4 is 24.0 Å². The van der Waals surface area contributed by atoms with Crippen molar-refractivity contribution in [2.24, 2.45) is 0 Å². The normalized spacial score (nSPS) is 16.1. The maximum Gasteiger partial charge on any atom is 0.252 e. The van der Waals surface area contributed by atoms with E-state index in [0.29, 0.717) is 31.7 Å². The van der Waals surface area contributed by atoms with Crippen LogP contribution in [-0.2, 0) is 10.3 Å². The highest BCUT2D eigenvalue weighted by Gasteiger charge is 2.42. The van der Waals surface area contributed by atoms with E-state index in [1.54, 1.807) is 23.1 Å². The topological polar surface area (TPSA) is 68.2 Å². The molecular formula is C16H20ClFN4O2. The van der Waals surface area contributed by atoms with E-state index < -0.39 is 11.4 Å². The third-order valence-corrected chi connectivity index (χ3v) is 4.22. The first-order valence-corrected chi connectivity index (χ1v) is 7.51. The number of anilines is 1. The summed E-state index contributed by atoms with van der Waals surface area (Å²) in [5, 5.41) is 10.2. The number of hydrogen-bond acceptors (Lipinski definition) is 4. The van der Waals surface area contributed by atoms with E-state index in [0.717, 1.165) is 0 Å². The molecule has 1 saturated heterocycles. The molecule has 1 amide bonds. The summed E-state index contributed by atoms with van der Waals surface area (Å²) >= 11 is 0. The summed E-state index contributed by atoms with van der Waals surface area (Å²) in [6.45, 7) is 1.40. The van der Waals surface area contributed by atoms with E-state index in [2.05, 4.69) is 15.7 Å². The maximum atomic E-state index is 14.0. The van der Waals surface area contributed by atoms with Crippen molar-refractivity contribution in [2.45, 2.75) is 18.4 Å². The quantitative estimate of drug-likeness (QED) is 0.883. The minimum Gasteiger partial charge on any atom is -0.497 e. The van der Waals surface area contributed by atoms with Gasteiger partial charge in [-0.1, -0.05) is 0 Å². The van der Waals surface area contributed by atoms with Crippen LogP contribution in [0.2, 0.25) is 0 Å². The number of halogens is 2. The Kier molecular flexibility index (Phi) is 5.80. The van der Waals surface area contributed by atoms with Crippen LogP contribution in [0.4, 0.5) is 10.1 Å². The standard InChI is InChI=1S/C16H19FN4O2.ClH/c1-23-12-3-4-13(17)14(11-12)20-15(22)16(5-8-18-9-6-16)21-10-2-7-19-21;/h2-4,7,10-11,18H,5-6,8-9H2,1H3,(H,20,22);1H. The molecule has 0 radical (unpaired) electrons. The monoisotopic (exact) mass is 354 g/mol. The fourth-order valence-corrected chi connectivity index (χ4v) is 2.89. The SMILES string of the molecule is COc1ccc(F)c(NC(=O)C2(n3cccn3)CCNCC2)c1.Cl. The van der Waals surface area contributed by atoms with Crippen molar-refractivity contribution < 1.29 is 13.9 Å². The molecule has 0 spiro atoms. The van der Waals surface area contributed by atoms with Crippen LogP contribution in [0.3, 0.4) is 0 Å². The Labute approximate surface area is 145 Å². The molecule has 1 aliphatic heterocycles. The number of hydrogen-bond donors (Lipinski definition) is 2. The predicted octanol–water partition coefficient (Wildman–Crippen LogP) is 2.17. The van der Waals surface area contributed by atoms with Gasteiger partial charge < -0.3 is 15.4 Å². The number of benzene rings is 1. The van der Waals surface area contributed by atoms with Crippen molar-refractivity contribution in [1.29, 1.82) is 0 Å². The summed E-state index contributed by atoms with van der Waals surface area (Å²) in [5.74, 6) is -0.279. The largest absolute Gasteiger partial charge is 0.497 e. The highest BCUT2D eigenvalue weighted by molar-refractivity contribution is 5.97. The third-order valence-electron chi connectivity index (χ3n) is 4.22. The van der Waals surface area contributed by atoms with Crippen LogP contribution >= 0.6 is 12.4 Å². The molecule has 24 heavy (non-hydrogen) atoms. The smallest absolute Gasteiger partial charge is 0.252 e. The molecule has 1 fully saturated rings. The molecule has 3 rings (SSSR count). The molecule has 1 aliphatic rings. The molecule has 2 N–H and O–H groups in total. The third kappa shape index (κ3) is 3.37. The number of amides is 1. The molecule has 0 aliphatic carbocycles. The number of nitrogens with one attached hydrogen (secondary N) is 2. The number of ether oxygens (including phenoxy) is 1. The van der Waals surface area contributed by atoms with Gasteiger partial charge in [-0.05, 0) is 44.1 Å². The van der Waals surface area contributed by atoms with E-state index >= 15 is 0 Å². The van der Waals surface area contributed by atoms with Crippen LogP contribution in [-0.4, -0.2) is 35.9 Å². The summed E-state index contributed by atoms with van der Waals surface area (Å²) in [7, 11) is 1.50. The lowest BCUT2D eigenvalue weighted by atomic mass is 9.87. The Morgan fingerprint density at radius 2 is 2.17 bits per heavy atom. The van der Waals surface area contributed by atoms with Crippen molar-refractivity contribution in [1.82, 2.24) is 15.1 Å². The van der Waals surface area contributed by atoms with Gasteiger partial charge in [0, 0.05) is 18.5 Å². The zero-order chi connectivity index (χ0) is 16.3. The van der Waals surface area contributed by atoms with Crippen LogP contribution in [0.1, 0.15) is 12.8 Å². The Morgan fingerprint density at radius 1 is 1.42 bits per heavy atom. The average Bonchev–Trinajstić information content (AvgIpc) is 3.12. The van der Waals surface area contributed by atoms with Crippen LogP contribution < -0.4 is 15.4 Å². The molecule has 2 heterocycles. The summed E-state index contributed by atoms with van der Waals surface area (Å²) in [4.78, 5) is 12.9. The Morgan fingerprint density at radius 3 is 2.79 bits per heavy atom. The number of nitrogens with zero attached hydrogens (tertiary/aromatic N) is 2. The van der Waals surface area contributed by atoms with Gasteiger partial charge in [0.15, 0.2) is 0 Å². The van der Waals surface area contributed by atoms with Gasteiger partial charge in [0.25, 0.3) is 5.91 Å². The van der Waals surface area contributed by atoms with Crippen LogP contribution in [0.15, 0.2) is 36.7 Å². The van der Waals surface area contributed by atoms with Crippen LogP contribution in [0.25, 0.3) is 0 Å². The zero-order valence-electron chi connectivity index (χ0n) is 13.3. The number of carbonyl (C=O) groups is 1. The van der Waals surface area contributed by atoms with Crippen LogP contribution in [0, 0.1) is 5.82 Å². The Balaban J connectivity index is 0.00000208. The summed E-state index contributed by atoms with van der Waals surface area (Å²) < 4.78 is 20.8. The summed E-state index contributed by atoms with van der Waals surface area (Å²) in [6, 6.07) is 6.05. The zero-order valence-corrected chi connectivity index (χ0v) is 14.1. The summed E-state index contributed by atoms with van der Waals surface area (Å²) in [6.07, 6.45) is 4.59. The molecule has 2 aromatic rings. The van der Waals surface area contributed by atoms with E-state index in [-0.39, 0.29) is 24.0 Å². The van der Waals surface area contributed by atoms with E-state index in [4.69, 9.17) is 4.74 Å². The highest BCUT2D eigenvalue weighted by Crippen LogP contribution is 2.30. The van der Waals surface area contributed by atoms with Gasteiger partial charge in [0.1, 0.15) is 17.1 Å². The first-order valence-electron chi connectivity index (χ1n) is 7.51. The fraction of sp³-hybridized carbons (Fsp3) is 0.375. The Bertz CT molecular complexity index is 687. The van der Waals surface area contributed by atoms with Gasteiger partial charge in [-0.25, -0.2) is 4.39 Å². The average molecular weight is 355 g/mol. The molecule has 0 unspecified atom stereocenters. The minimum atomic E-state index is -0.815. The minimum absolute atomic E-state index is 0. The van der Waals surface area contributed by atoms with E-state index in [9.17, 15) is 9.18 Å². The molecular weight excluding hydrogens is 335 g/mol. The van der Waals surface area contributed by atoms with Gasteiger partial charge in [-0.15, -0.1) is 12.4 Å². The molecule has 130 valence electrons. The van der Waals surface area contributed by atoms with E-state index in [1.165, 1.54) is 25.3 Å². The van der Waals surface area contributed by atoms with Gasteiger partial charge in [-0.2, -0.15) is 5.10 Å². The van der Waals surface area contributed by atoms with Crippen molar-refractivity contribution in [3.05, 3.63) is 42.5 Å². The second-order valence-corrected chi connectivity index (χ2v) is 5.53. The lowest BCUT2D eigenvalue weighted by Crippen LogP contribution is -2.52. The lowest BCUT2D eigenvalue weighted by Gasteiger charge is -2.36. The molecule has 1 aromatic carbocycles. The first kappa shape index (κ1) is 18.2. The Hall–Kier alpha value is -2.12. The highest BCUT2D eigenvalue weighted by atomic mass is 35.5. The number of rotatable bonds is 4. The lowest BCUT2D eigenvalue weighted by molar-refractivity contribution is -0.126. The molecule has 1 aromatic heterocycles. The predicted molar refractivity (Wildman–Crippen MR) is 91.1 cm³/mol. The maximum absolute atomic E-state index is 14.0. The molecule has 6 nitrogen and oxygen atoms in total. The van der Waals surface area contributed by atoms with Crippen molar-refractivity contribution in [2.75, 3.05) is 25.5 Å². The van der Waals surface area contributed by atoms with E-state index in [1.807, 2.05) is 0 Å². The second kappa shape index (κ2) is 7.63. The van der Waals surface area contributed by atoms with Crippen LogP contribution in [0.5, 0.6) is 5.75 Å². The number of piperidine rings is 1. The number of methoxy groups -OCH3 is 1. The summed E-state index contributed by atoms with van der Waals surface area (Å²) in [5.41, 5.74) is -0.705.